The monoisotopic (exact) mass is 447 g/mol. The molecule has 1 aliphatic heterocycles. The van der Waals surface area contributed by atoms with Crippen molar-refractivity contribution < 1.29 is 9.21 Å². The lowest BCUT2D eigenvalue weighted by Crippen LogP contribution is -2.36. The van der Waals surface area contributed by atoms with Crippen LogP contribution in [0.3, 0.4) is 0 Å². The first-order chi connectivity index (χ1) is 16.1. The quantitative estimate of drug-likeness (QED) is 0.471. The first-order valence-electron chi connectivity index (χ1n) is 11.3. The van der Waals surface area contributed by atoms with Crippen LogP contribution in [-0.4, -0.2) is 61.9 Å². The summed E-state index contributed by atoms with van der Waals surface area (Å²) in [5, 5.41) is 9.33. The molecule has 5 rings (SSSR count). The van der Waals surface area contributed by atoms with Gasteiger partial charge in [-0.3, -0.25) is 4.79 Å². The van der Waals surface area contributed by atoms with Gasteiger partial charge < -0.3 is 14.2 Å². The molecule has 0 unspecified atom stereocenters. The van der Waals surface area contributed by atoms with Crippen LogP contribution in [0.2, 0.25) is 0 Å². The number of nitrogens with zero attached hydrogens (tertiary/aromatic N) is 7. The first-order valence-corrected chi connectivity index (χ1v) is 11.3. The number of aromatic nitrogens is 5. The van der Waals surface area contributed by atoms with Crippen molar-refractivity contribution in [1.29, 1.82) is 0 Å². The molecule has 172 valence electrons. The van der Waals surface area contributed by atoms with Gasteiger partial charge in [0.25, 0.3) is 5.91 Å². The first kappa shape index (κ1) is 22.4. The number of aryl methyl sites for hydroxylation is 2. The molecular weight excluding hydrogens is 418 g/mol. The van der Waals surface area contributed by atoms with Gasteiger partial charge in [0.2, 0.25) is 11.7 Å². The van der Waals surface area contributed by atoms with E-state index in [1.54, 1.807) is 24.9 Å². The summed E-state index contributed by atoms with van der Waals surface area (Å²) in [6, 6.07) is 5.75. The molecule has 0 aliphatic carbocycles. The van der Waals surface area contributed by atoms with Crippen LogP contribution in [0, 0.1) is 13.8 Å². The maximum Gasteiger partial charge on any atom is 0.256 e. The second-order valence-corrected chi connectivity index (χ2v) is 7.78. The van der Waals surface area contributed by atoms with E-state index in [4.69, 9.17) is 4.42 Å². The van der Waals surface area contributed by atoms with Crippen LogP contribution in [0.1, 0.15) is 41.8 Å². The topological polar surface area (TPSA) is 93.2 Å². The van der Waals surface area contributed by atoms with Gasteiger partial charge in [-0.25, -0.2) is 4.98 Å². The van der Waals surface area contributed by atoms with E-state index in [2.05, 4.69) is 25.1 Å². The number of hydrogen-bond acceptors (Lipinski definition) is 7. The van der Waals surface area contributed by atoms with Gasteiger partial charge in [0, 0.05) is 32.4 Å². The smallest absolute Gasteiger partial charge is 0.256 e. The van der Waals surface area contributed by atoms with Crippen LogP contribution in [-0.2, 0) is 0 Å². The van der Waals surface area contributed by atoms with E-state index in [1.165, 1.54) is 4.80 Å². The summed E-state index contributed by atoms with van der Waals surface area (Å²) in [5.41, 5.74) is 3.92. The minimum absolute atomic E-state index is 0.0177. The third-order valence-electron chi connectivity index (χ3n) is 5.60. The fourth-order valence-electron chi connectivity index (χ4n) is 3.90. The van der Waals surface area contributed by atoms with E-state index < -0.39 is 0 Å². The van der Waals surface area contributed by atoms with Crippen LogP contribution < -0.4 is 4.90 Å². The molecule has 4 heterocycles. The van der Waals surface area contributed by atoms with Gasteiger partial charge in [-0.1, -0.05) is 25.5 Å². The van der Waals surface area contributed by atoms with Crippen molar-refractivity contribution in [3.05, 3.63) is 59.7 Å². The number of anilines is 1. The average molecular weight is 448 g/mol. The van der Waals surface area contributed by atoms with E-state index >= 15 is 0 Å². The van der Waals surface area contributed by atoms with Crippen molar-refractivity contribution in [3.8, 4) is 5.69 Å². The molecule has 0 bridgehead atoms. The van der Waals surface area contributed by atoms with Crippen molar-refractivity contribution in [3.63, 3.8) is 0 Å². The van der Waals surface area contributed by atoms with Gasteiger partial charge in [0.15, 0.2) is 0 Å². The molecule has 1 aliphatic rings. The van der Waals surface area contributed by atoms with Crippen molar-refractivity contribution >= 4 is 23.0 Å². The van der Waals surface area contributed by atoms with Crippen LogP contribution in [0.5, 0.6) is 0 Å². The molecule has 1 fully saturated rings. The molecule has 1 aromatic carbocycles. The lowest BCUT2D eigenvalue weighted by atomic mass is 10.1. The van der Waals surface area contributed by atoms with Gasteiger partial charge in [-0.2, -0.15) is 20.0 Å². The highest BCUT2D eigenvalue weighted by atomic mass is 16.3. The Balaban J connectivity index is 0.00000126. The second kappa shape index (κ2) is 9.81. The van der Waals surface area contributed by atoms with Gasteiger partial charge in [-0.05, 0) is 38.0 Å². The Labute approximate surface area is 193 Å². The van der Waals surface area contributed by atoms with Crippen molar-refractivity contribution in [1.82, 2.24) is 29.9 Å². The summed E-state index contributed by atoms with van der Waals surface area (Å²) in [5.74, 6) is 0.615. The number of furan rings is 1. The SMILES string of the molecule is CC.Cc1ccc(-n2nccn2)c(C(=O)N2CCCN(c3ncc4c(C)coc4n3)CC2)c1. The average Bonchev–Trinajstić information content (AvgIpc) is 3.43. The Morgan fingerprint density at radius 1 is 1.03 bits per heavy atom. The van der Waals surface area contributed by atoms with Gasteiger partial charge in [0.1, 0.15) is 0 Å². The fourth-order valence-corrected chi connectivity index (χ4v) is 3.90. The molecule has 0 spiro atoms. The predicted molar refractivity (Wildman–Crippen MR) is 127 cm³/mol. The molecule has 0 N–H and O–H groups in total. The Bertz CT molecular complexity index is 1230. The lowest BCUT2D eigenvalue weighted by molar-refractivity contribution is 0.0766. The standard InChI is InChI=1S/C22H23N7O2.C2H6/c1-15-4-5-19(29-24-6-7-25-29)17(12-15)21(30)27-8-3-9-28(11-10-27)22-23-13-18-16(2)14-31-20(18)26-22;1-2/h4-7,12-14H,3,8-11H2,1-2H3;1-2H3. The molecule has 4 aromatic rings. The van der Waals surface area contributed by atoms with E-state index in [0.717, 1.165) is 29.5 Å². The van der Waals surface area contributed by atoms with Crippen molar-refractivity contribution in [2.24, 2.45) is 0 Å². The summed E-state index contributed by atoms with van der Waals surface area (Å²) >= 11 is 0. The zero-order valence-electron chi connectivity index (χ0n) is 19.5. The molecule has 1 amide bonds. The molecule has 0 saturated carbocycles. The van der Waals surface area contributed by atoms with Crippen molar-refractivity contribution in [2.75, 3.05) is 31.1 Å². The highest BCUT2D eigenvalue weighted by Crippen LogP contribution is 2.22. The zero-order valence-corrected chi connectivity index (χ0v) is 19.5. The predicted octanol–water partition coefficient (Wildman–Crippen LogP) is 3.80. The van der Waals surface area contributed by atoms with E-state index in [1.807, 2.05) is 50.8 Å². The minimum atomic E-state index is -0.0177. The lowest BCUT2D eigenvalue weighted by Gasteiger charge is -2.23. The Morgan fingerprint density at radius 3 is 2.61 bits per heavy atom. The number of hydrogen-bond donors (Lipinski definition) is 0. The Kier molecular flexibility index (Phi) is 6.67. The number of fused-ring (bicyclic) bond motifs is 1. The third-order valence-corrected chi connectivity index (χ3v) is 5.60. The van der Waals surface area contributed by atoms with Crippen LogP contribution in [0.25, 0.3) is 16.8 Å². The van der Waals surface area contributed by atoms with Gasteiger partial charge in [0.05, 0.1) is 35.3 Å². The maximum atomic E-state index is 13.4. The number of amides is 1. The molecule has 33 heavy (non-hydrogen) atoms. The molecule has 9 nitrogen and oxygen atoms in total. The van der Waals surface area contributed by atoms with Crippen LogP contribution in [0.4, 0.5) is 5.95 Å². The zero-order chi connectivity index (χ0) is 23.4. The molecule has 0 atom stereocenters. The normalized spacial score (nSPS) is 14.1. The molecule has 1 saturated heterocycles. The highest BCUT2D eigenvalue weighted by molar-refractivity contribution is 5.98. The summed E-state index contributed by atoms with van der Waals surface area (Å²) in [6.07, 6.45) is 7.54. The summed E-state index contributed by atoms with van der Waals surface area (Å²) in [6.45, 7) is 10.6. The van der Waals surface area contributed by atoms with Crippen LogP contribution >= 0.6 is 0 Å². The summed E-state index contributed by atoms with van der Waals surface area (Å²) in [4.78, 5) is 28.0. The van der Waals surface area contributed by atoms with E-state index in [9.17, 15) is 4.79 Å². The third kappa shape index (κ3) is 4.57. The second-order valence-electron chi connectivity index (χ2n) is 7.78. The number of benzene rings is 1. The van der Waals surface area contributed by atoms with Gasteiger partial charge >= 0.3 is 0 Å². The highest BCUT2D eigenvalue weighted by Gasteiger charge is 2.24. The summed E-state index contributed by atoms with van der Waals surface area (Å²) < 4.78 is 5.53. The van der Waals surface area contributed by atoms with Crippen molar-refractivity contribution in [2.45, 2.75) is 34.1 Å². The largest absolute Gasteiger partial charge is 0.446 e. The van der Waals surface area contributed by atoms with E-state index in [-0.39, 0.29) is 5.91 Å². The van der Waals surface area contributed by atoms with Gasteiger partial charge in [-0.15, -0.1) is 0 Å². The molecule has 0 radical (unpaired) electrons. The van der Waals surface area contributed by atoms with Crippen LogP contribution in [0.15, 0.2) is 47.5 Å². The fraction of sp³-hybridized carbons (Fsp3) is 0.375. The van der Waals surface area contributed by atoms with E-state index in [0.29, 0.717) is 42.5 Å². The minimum Gasteiger partial charge on any atom is -0.446 e. The number of carbonyl (C=O) groups excluding carboxylic acids is 1. The molecule has 3 aromatic heterocycles. The number of carbonyl (C=O) groups is 1. The Hall–Kier alpha value is -3.75. The maximum absolute atomic E-state index is 13.4. The Morgan fingerprint density at radius 2 is 1.82 bits per heavy atom. The summed E-state index contributed by atoms with van der Waals surface area (Å²) in [7, 11) is 0. The number of rotatable bonds is 3. The molecule has 9 heteroatoms. The molecular formula is C24H29N7O2.